The monoisotopic (exact) mass is 639 g/mol. The molecule has 14 heteroatoms. The molecule has 2 fully saturated rings. The molecule has 2 aliphatic rings. The van der Waals surface area contributed by atoms with Crippen molar-refractivity contribution in [2.24, 2.45) is 7.05 Å². The van der Waals surface area contributed by atoms with Gasteiger partial charge in [-0.25, -0.2) is 22.9 Å². The van der Waals surface area contributed by atoms with E-state index in [-0.39, 0.29) is 29.2 Å². The van der Waals surface area contributed by atoms with Gasteiger partial charge in [0, 0.05) is 37.8 Å². The van der Waals surface area contributed by atoms with E-state index in [1.807, 2.05) is 32.0 Å². The first-order chi connectivity index (χ1) is 21.1. The Kier molecular flexibility index (Phi) is 8.80. The molecule has 1 aliphatic carbocycles. The van der Waals surface area contributed by atoms with Crippen molar-refractivity contribution in [2.75, 3.05) is 17.8 Å². The van der Waals surface area contributed by atoms with Gasteiger partial charge in [0.15, 0.2) is 0 Å². The highest BCUT2D eigenvalue weighted by molar-refractivity contribution is 7.92. The molecule has 1 aliphatic heterocycles. The number of nitrogens with one attached hydrogen (secondary N) is 2. The van der Waals surface area contributed by atoms with E-state index in [2.05, 4.69) is 25.1 Å². The zero-order chi connectivity index (χ0) is 32.6. The predicted octanol–water partition coefficient (Wildman–Crippen LogP) is 4.11. The maximum Gasteiger partial charge on any atom is 0.408 e. The van der Waals surface area contributed by atoms with Crippen LogP contribution in [0.5, 0.6) is 5.88 Å². The third-order valence-corrected chi connectivity index (χ3v) is 9.27. The summed E-state index contributed by atoms with van der Waals surface area (Å²) in [6.07, 6.45) is 4.89. The topological polar surface area (TPSA) is 158 Å². The van der Waals surface area contributed by atoms with Gasteiger partial charge in [-0.05, 0) is 58.6 Å². The molecular formula is C31H41N7O6S. The first kappa shape index (κ1) is 32.2. The van der Waals surface area contributed by atoms with E-state index in [4.69, 9.17) is 9.47 Å². The van der Waals surface area contributed by atoms with Crippen molar-refractivity contribution in [2.45, 2.75) is 88.9 Å². The first-order valence-electron chi connectivity index (χ1n) is 15.1. The van der Waals surface area contributed by atoms with E-state index in [0.29, 0.717) is 31.5 Å². The summed E-state index contributed by atoms with van der Waals surface area (Å²) < 4.78 is 41.8. The lowest BCUT2D eigenvalue weighted by atomic mass is 9.95. The summed E-state index contributed by atoms with van der Waals surface area (Å²) in [4.78, 5) is 37.1. The second-order valence-electron chi connectivity index (χ2n) is 12.8. The molecule has 0 radical (unpaired) electrons. The van der Waals surface area contributed by atoms with Gasteiger partial charge >= 0.3 is 6.09 Å². The van der Waals surface area contributed by atoms with E-state index >= 15 is 0 Å². The molecule has 1 atom stereocenters. The minimum atomic E-state index is -4.03. The molecule has 3 aromatic rings. The molecule has 45 heavy (non-hydrogen) atoms. The molecule has 1 unspecified atom stereocenters. The van der Waals surface area contributed by atoms with Gasteiger partial charge in [0.1, 0.15) is 22.1 Å². The molecule has 1 saturated carbocycles. The highest BCUT2D eigenvalue weighted by Gasteiger charge is 2.47. The Labute approximate surface area is 263 Å². The average Bonchev–Trinajstić information content (AvgIpc) is 3.69. The lowest BCUT2D eigenvalue weighted by Crippen LogP contribution is -2.58. The van der Waals surface area contributed by atoms with Crippen molar-refractivity contribution < 1.29 is 27.5 Å². The van der Waals surface area contributed by atoms with Crippen molar-refractivity contribution in [3.63, 3.8) is 0 Å². The van der Waals surface area contributed by atoms with Crippen LogP contribution < -0.4 is 14.8 Å². The smallest absolute Gasteiger partial charge is 0.408 e. The Bertz CT molecular complexity index is 1670. The van der Waals surface area contributed by atoms with Crippen molar-refractivity contribution in [3.8, 4) is 17.1 Å². The summed E-state index contributed by atoms with van der Waals surface area (Å²) in [5.41, 5.74) is 1.55. The Morgan fingerprint density at radius 1 is 1.09 bits per heavy atom. The summed E-state index contributed by atoms with van der Waals surface area (Å²) in [6.45, 7) is 9.99. The van der Waals surface area contributed by atoms with Gasteiger partial charge in [-0.15, -0.1) is 0 Å². The number of hydrogen-bond donors (Lipinski definition) is 2. The van der Waals surface area contributed by atoms with E-state index in [1.54, 1.807) is 38.8 Å². The van der Waals surface area contributed by atoms with Crippen LogP contribution in [0.25, 0.3) is 11.3 Å². The molecule has 2 amide bonds. The fourth-order valence-electron chi connectivity index (χ4n) is 5.95. The molecule has 242 valence electrons. The third kappa shape index (κ3) is 7.38. The largest absolute Gasteiger partial charge is 0.472 e. The number of aryl methyl sites for hydroxylation is 3. The molecule has 3 heterocycles. The maximum atomic E-state index is 13.8. The summed E-state index contributed by atoms with van der Waals surface area (Å²) in [6, 6.07) is 7.53. The second kappa shape index (κ2) is 12.3. The van der Waals surface area contributed by atoms with Crippen LogP contribution in [0.4, 0.5) is 10.7 Å². The van der Waals surface area contributed by atoms with Crippen LogP contribution in [0.1, 0.15) is 64.0 Å². The van der Waals surface area contributed by atoms with Crippen LogP contribution >= 0.6 is 0 Å². The van der Waals surface area contributed by atoms with Crippen molar-refractivity contribution in [1.82, 2.24) is 30.0 Å². The molecule has 5 rings (SSSR count). The van der Waals surface area contributed by atoms with Crippen LogP contribution in [0.2, 0.25) is 0 Å². The predicted molar refractivity (Wildman–Crippen MR) is 167 cm³/mol. The number of hydrogen-bond acceptors (Lipinski definition) is 9. The lowest BCUT2D eigenvalue weighted by molar-refractivity contribution is -0.137. The number of amides is 2. The first-order valence-corrected chi connectivity index (χ1v) is 16.6. The molecule has 2 N–H and O–H groups in total. The lowest BCUT2D eigenvalue weighted by Gasteiger charge is -2.34. The van der Waals surface area contributed by atoms with Gasteiger partial charge in [0.25, 0.3) is 10.0 Å². The number of likely N-dealkylation sites (tertiary alicyclic amines) is 1. The van der Waals surface area contributed by atoms with Crippen LogP contribution in [-0.2, 0) is 26.6 Å². The maximum absolute atomic E-state index is 13.8. The number of alkyl carbamates (subject to hydrolysis) is 1. The number of rotatable bonds is 8. The third-order valence-electron chi connectivity index (χ3n) is 7.98. The van der Waals surface area contributed by atoms with Crippen LogP contribution in [0.15, 0.2) is 41.6 Å². The quantitative estimate of drug-likeness (QED) is 0.370. The van der Waals surface area contributed by atoms with Gasteiger partial charge in [0.2, 0.25) is 17.7 Å². The molecule has 0 bridgehead atoms. The van der Waals surface area contributed by atoms with Gasteiger partial charge in [-0.1, -0.05) is 31.0 Å². The van der Waals surface area contributed by atoms with Crippen LogP contribution in [-0.4, -0.2) is 75.4 Å². The number of aromatic nitrogens is 4. The Morgan fingerprint density at radius 3 is 2.40 bits per heavy atom. The number of anilines is 1. The number of carbonyl (C=O) groups is 2. The zero-order valence-corrected chi connectivity index (χ0v) is 27.4. The fraction of sp³-hybridized carbons (Fsp3) is 0.516. The molecule has 1 saturated heterocycles. The molecule has 1 aromatic carbocycles. The average molecular weight is 640 g/mol. The number of ether oxygens (including phenoxy) is 2. The van der Waals surface area contributed by atoms with Crippen LogP contribution in [0.3, 0.4) is 0 Å². The van der Waals surface area contributed by atoms with Gasteiger partial charge in [-0.2, -0.15) is 10.1 Å². The molecular weight excluding hydrogens is 598 g/mol. The number of sulfonamides is 1. The van der Waals surface area contributed by atoms with Crippen molar-refractivity contribution >= 4 is 28.0 Å². The summed E-state index contributed by atoms with van der Waals surface area (Å²) in [5.74, 6) is -0.125. The summed E-state index contributed by atoms with van der Waals surface area (Å²) in [5, 5.41) is 6.84. The van der Waals surface area contributed by atoms with Crippen molar-refractivity contribution in [1.29, 1.82) is 0 Å². The number of benzene rings is 1. The highest BCUT2D eigenvalue weighted by Crippen LogP contribution is 2.34. The Balaban J connectivity index is 1.38. The minimum absolute atomic E-state index is 0.0284. The van der Waals surface area contributed by atoms with E-state index in [1.165, 1.54) is 17.1 Å². The van der Waals surface area contributed by atoms with Gasteiger partial charge in [-0.3, -0.25) is 9.48 Å². The SMILES string of the molecule is Cc1cccc(C)c1-c1cc(OC2CCN(C(=O)C3(NC(=O)OC(C)(C)C)CCCC3)C2)nc(NS(=O)(=O)c2cnn(C)c2)n1. The van der Waals surface area contributed by atoms with Crippen LogP contribution in [0, 0.1) is 13.8 Å². The fourth-order valence-corrected chi connectivity index (χ4v) is 6.87. The molecule has 0 spiro atoms. The number of carbonyl (C=O) groups excluding carboxylic acids is 2. The van der Waals surface area contributed by atoms with Gasteiger partial charge in [0.05, 0.1) is 18.4 Å². The van der Waals surface area contributed by atoms with Gasteiger partial charge < -0.3 is 19.7 Å². The Morgan fingerprint density at radius 2 is 1.78 bits per heavy atom. The summed E-state index contributed by atoms with van der Waals surface area (Å²) >= 11 is 0. The highest BCUT2D eigenvalue weighted by atomic mass is 32.2. The minimum Gasteiger partial charge on any atom is -0.472 e. The van der Waals surface area contributed by atoms with Crippen molar-refractivity contribution in [3.05, 3.63) is 47.8 Å². The summed E-state index contributed by atoms with van der Waals surface area (Å²) in [7, 11) is -2.40. The second-order valence-corrected chi connectivity index (χ2v) is 14.5. The zero-order valence-electron chi connectivity index (χ0n) is 26.6. The number of nitrogens with zero attached hydrogens (tertiary/aromatic N) is 5. The van der Waals surface area contributed by atoms with E-state index in [0.717, 1.165) is 29.5 Å². The molecule has 2 aromatic heterocycles. The normalized spacial score (nSPS) is 18.1. The standard InChI is InChI=1S/C31H41N7O6S/c1-20-10-9-11-21(2)26(20)24-16-25(34-28(33-24)36-45(41,42)23-17-32-37(6)19-23)43-22-12-15-38(18-22)27(39)31(13-7-8-14-31)35-29(40)44-30(3,4)5/h9-11,16-17,19,22H,7-8,12-15,18H2,1-6H3,(H,35,40)(H,33,34,36). The molecule has 13 nitrogen and oxygen atoms in total. The Hall–Kier alpha value is -4.20. The van der Waals surface area contributed by atoms with E-state index in [9.17, 15) is 18.0 Å². The van der Waals surface area contributed by atoms with E-state index < -0.39 is 33.4 Å².